The second-order valence-electron chi connectivity index (χ2n) is 3.30. The van der Waals surface area contributed by atoms with Crippen molar-refractivity contribution < 1.29 is 4.79 Å². The highest BCUT2D eigenvalue weighted by molar-refractivity contribution is 5.73. The van der Waals surface area contributed by atoms with Crippen LogP contribution in [0.25, 0.3) is 0 Å². The predicted octanol–water partition coefficient (Wildman–Crippen LogP) is 1.80. The number of carbonyl (C=O) groups is 1. The van der Waals surface area contributed by atoms with E-state index in [2.05, 4.69) is 6.92 Å². The van der Waals surface area contributed by atoms with Crippen LogP contribution in [0, 0.1) is 0 Å². The molecule has 1 aliphatic heterocycles. The lowest BCUT2D eigenvalue weighted by Crippen LogP contribution is -2.33. The Kier molecular flexibility index (Phi) is 2.92. The average molecular weight is 155 g/mol. The zero-order valence-electron chi connectivity index (χ0n) is 7.47. The summed E-state index contributed by atoms with van der Waals surface area (Å²) >= 11 is 0. The molecule has 1 amide bonds. The topological polar surface area (TPSA) is 20.3 Å². The summed E-state index contributed by atoms with van der Waals surface area (Å²) in [5.41, 5.74) is 0. The summed E-state index contributed by atoms with van der Waals surface area (Å²) in [5, 5.41) is 0. The van der Waals surface area contributed by atoms with Crippen molar-refractivity contribution in [3.05, 3.63) is 0 Å². The Labute approximate surface area is 68.6 Å². The molecule has 0 aromatic heterocycles. The second-order valence-corrected chi connectivity index (χ2v) is 3.30. The molecule has 2 heteroatoms. The van der Waals surface area contributed by atoms with Crippen LogP contribution in [0.2, 0.25) is 0 Å². The minimum atomic E-state index is 0.251. The number of nitrogens with zero attached hydrogens (tertiary/aromatic N) is 1. The van der Waals surface area contributed by atoms with E-state index in [0.717, 1.165) is 6.54 Å². The van der Waals surface area contributed by atoms with Crippen LogP contribution in [0.3, 0.4) is 0 Å². The highest BCUT2D eigenvalue weighted by Gasteiger charge is 2.24. The van der Waals surface area contributed by atoms with E-state index in [1.165, 1.54) is 25.7 Å². The fourth-order valence-corrected chi connectivity index (χ4v) is 1.88. The maximum atomic E-state index is 11.1. The molecule has 2 nitrogen and oxygen atoms in total. The highest BCUT2D eigenvalue weighted by atomic mass is 16.2. The summed E-state index contributed by atoms with van der Waals surface area (Å²) in [5.74, 6) is 0.251. The number of likely N-dealkylation sites (tertiary alicyclic amines) is 1. The molecular formula is C9H17NO. The van der Waals surface area contributed by atoms with Gasteiger partial charge in [0.2, 0.25) is 5.91 Å². The number of amides is 1. The van der Waals surface area contributed by atoms with Crippen LogP contribution in [0.5, 0.6) is 0 Å². The van der Waals surface area contributed by atoms with Crippen LogP contribution in [0.1, 0.15) is 39.5 Å². The van der Waals surface area contributed by atoms with Crippen molar-refractivity contribution >= 4 is 5.91 Å². The quantitative estimate of drug-likeness (QED) is 0.595. The van der Waals surface area contributed by atoms with Gasteiger partial charge in [-0.15, -0.1) is 0 Å². The molecule has 1 unspecified atom stereocenters. The second kappa shape index (κ2) is 3.74. The van der Waals surface area contributed by atoms with Crippen LogP contribution in [-0.2, 0) is 4.79 Å². The number of hydrogen-bond acceptors (Lipinski definition) is 1. The first-order chi connectivity index (χ1) is 5.25. The van der Waals surface area contributed by atoms with Crippen molar-refractivity contribution in [2.24, 2.45) is 0 Å². The van der Waals surface area contributed by atoms with E-state index in [9.17, 15) is 4.79 Å². The van der Waals surface area contributed by atoms with E-state index in [4.69, 9.17) is 0 Å². The van der Waals surface area contributed by atoms with E-state index >= 15 is 0 Å². The van der Waals surface area contributed by atoms with Gasteiger partial charge in [-0.25, -0.2) is 0 Å². The Morgan fingerprint density at radius 1 is 1.64 bits per heavy atom. The van der Waals surface area contributed by atoms with E-state index in [-0.39, 0.29) is 5.91 Å². The van der Waals surface area contributed by atoms with Crippen molar-refractivity contribution in [3.8, 4) is 0 Å². The lowest BCUT2D eigenvalue weighted by Gasteiger charge is -2.22. The maximum absolute atomic E-state index is 11.1. The third-order valence-electron chi connectivity index (χ3n) is 2.40. The molecule has 0 radical (unpaired) electrons. The van der Waals surface area contributed by atoms with Crippen molar-refractivity contribution in [1.82, 2.24) is 4.90 Å². The van der Waals surface area contributed by atoms with E-state index in [1.807, 2.05) is 4.90 Å². The molecule has 0 aromatic rings. The van der Waals surface area contributed by atoms with Gasteiger partial charge in [0.1, 0.15) is 0 Å². The van der Waals surface area contributed by atoms with Crippen molar-refractivity contribution in [2.75, 3.05) is 6.54 Å². The molecule has 64 valence electrons. The molecular weight excluding hydrogens is 138 g/mol. The number of carbonyl (C=O) groups excluding carboxylic acids is 1. The highest BCUT2D eigenvalue weighted by Crippen LogP contribution is 2.20. The average Bonchev–Trinajstić information content (AvgIpc) is 2.36. The van der Waals surface area contributed by atoms with Gasteiger partial charge in [-0.2, -0.15) is 0 Å². The van der Waals surface area contributed by atoms with Gasteiger partial charge >= 0.3 is 0 Å². The summed E-state index contributed by atoms with van der Waals surface area (Å²) in [6.07, 6.45) is 4.78. The molecule has 11 heavy (non-hydrogen) atoms. The lowest BCUT2D eigenvalue weighted by molar-refractivity contribution is -0.129. The monoisotopic (exact) mass is 155 g/mol. The van der Waals surface area contributed by atoms with Gasteiger partial charge in [0, 0.05) is 19.5 Å². The molecule has 0 N–H and O–H groups in total. The third kappa shape index (κ3) is 1.95. The smallest absolute Gasteiger partial charge is 0.219 e. The summed E-state index contributed by atoms with van der Waals surface area (Å²) in [7, 11) is 0. The molecule has 1 fully saturated rings. The minimum Gasteiger partial charge on any atom is -0.340 e. The molecule has 1 rings (SSSR count). The summed E-state index contributed by atoms with van der Waals surface area (Å²) < 4.78 is 0. The first kappa shape index (κ1) is 8.57. The van der Waals surface area contributed by atoms with Crippen molar-refractivity contribution in [2.45, 2.75) is 45.6 Å². The van der Waals surface area contributed by atoms with Gasteiger partial charge in [-0.3, -0.25) is 4.79 Å². The number of rotatable bonds is 2. The Bertz CT molecular complexity index is 144. The molecule has 0 saturated carbocycles. The molecule has 0 aromatic carbocycles. The Morgan fingerprint density at radius 3 is 2.91 bits per heavy atom. The predicted molar refractivity (Wildman–Crippen MR) is 45.3 cm³/mol. The van der Waals surface area contributed by atoms with Gasteiger partial charge in [-0.05, 0) is 19.3 Å². The lowest BCUT2D eigenvalue weighted by atomic mass is 10.1. The fourth-order valence-electron chi connectivity index (χ4n) is 1.88. The van der Waals surface area contributed by atoms with Gasteiger partial charge in [-0.1, -0.05) is 13.3 Å². The number of hydrogen-bond donors (Lipinski definition) is 0. The van der Waals surface area contributed by atoms with E-state index < -0.39 is 0 Å². The largest absolute Gasteiger partial charge is 0.340 e. The zero-order valence-corrected chi connectivity index (χ0v) is 7.47. The van der Waals surface area contributed by atoms with Crippen molar-refractivity contribution in [1.29, 1.82) is 0 Å². The molecule has 1 aliphatic rings. The standard InChI is InChI=1S/C9H17NO/c1-3-5-9-6-4-7-10(9)8(2)11/h9H,3-7H2,1-2H3. The zero-order chi connectivity index (χ0) is 8.27. The van der Waals surface area contributed by atoms with Crippen LogP contribution in [-0.4, -0.2) is 23.4 Å². The molecule has 1 heterocycles. The maximum Gasteiger partial charge on any atom is 0.219 e. The van der Waals surface area contributed by atoms with Gasteiger partial charge < -0.3 is 4.90 Å². The van der Waals surface area contributed by atoms with Crippen LogP contribution >= 0.6 is 0 Å². The summed E-state index contributed by atoms with van der Waals surface area (Å²) in [6, 6.07) is 0.553. The van der Waals surface area contributed by atoms with Gasteiger partial charge in [0.25, 0.3) is 0 Å². The van der Waals surface area contributed by atoms with E-state index in [0.29, 0.717) is 6.04 Å². The molecule has 0 spiro atoms. The van der Waals surface area contributed by atoms with Crippen LogP contribution in [0.4, 0.5) is 0 Å². The van der Waals surface area contributed by atoms with Crippen molar-refractivity contribution in [3.63, 3.8) is 0 Å². The van der Waals surface area contributed by atoms with Crippen LogP contribution in [0.15, 0.2) is 0 Å². The molecule has 1 saturated heterocycles. The Morgan fingerprint density at radius 2 is 2.36 bits per heavy atom. The van der Waals surface area contributed by atoms with Gasteiger partial charge in [0.05, 0.1) is 0 Å². The molecule has 0 bridgehead atoms. The first-order valence-electron chi connectivity index (χ1n) is 4.53. The Balaban J connectivity index is 2.44. The Hall–Kier alpha value is -0.530. The van der Waals surface area contributed by atoms with E-state index in [1.54, 1.807) is 6.92 Å². The SMILES string of the molecule is CCCC1CCCN1C(C)=O. The molecule has 0 aliphatic carbocycles. The van der Waals surface area contributed by atoms with Gasteiger partial charge in [0.15, 0.2) is 0 Å². The first-order valence-corrected chi connectivity index (χ1v) is 4.53. The minimum absolute atomic E-state index is 0.251. The fraction of sp³-hybridized carbons (Fsp3) is 0.889. The normalized spacial score (nSPS) is 24.2. The summed E-state index contributed by atoms with van der Waals surface area (Å²) in [6.45, 7) is 4.84. The summed E-state index contributed by atoms with van der Waals surface area (Å²) in [4.78, 5) is 13.1. The third-order valence-corrected chi connectivity index (χ3v) is 2.40. The molecule has 1 atom stereocenters. The van der Waals surface area contributed by atoms with Crippen LogP contribution < -0.4 is 0 Å².